The molecule has 0 spiro atoms. The number of nitrogens with one attached hydrogen (secondary N) is 2. The summed E-state index contributed by atoms with van der Waals surface area (Å²) in [7, 11) is -3.94. The van der Waals surface area contributed by atoms with Crippen LogP contribution in [-0.4, -0.2) is 91.7 Å². The van der Waals surface area contributed by atoms with E-state index in [1.54, 1.807) is 6.07 Å². The highest BCUT2D eigenvalue weighted by Gasteiger charge is 2.41. The number of thiophene rings is 1. The largest absolute Gasteiger partial charge is 0.420 e. The van der Waals surface area contributed by atoms with Crippen molar-refractivity contribution >= 4 is 44.4 Å². The number of halogens is 3. The lowest BCUT2D eigenvalue weighted by Gasteiger charge is -2.36. The van der Waals surface area contributed by atoms with Gasteiger partial charge in [-0.05, 0) is 48.6 Å². The molecule has 0 bridgehead atoms. The number of rotatable bonds is 6. The predicted octanol–water partition coefficient (Wildman–Crippen LogP) is 3.20. The highest BCUT2D eigenvalue weighted by Crippen LogP contribution is 2.46. The van der Waals surface area contributed by atoms with E-state index in [1.807, 2.05) is 17.0 Å². The topological polar surface area (TPSA) is 137 Å². The number of amides is 1. The maximum Gasteiger partial charge on any atom is 0.420 e. The molecule has 3 aliphatic heterocycles. The number of aliphatic hydroxyl groups is 1. The van der Waals surface area contributed by atoms with Crippen LogP contribution >= 0.6 is 11.3 Å². The number of hydrogen-bond donors (Lipinski definition) is 3. The van der Waals surface area contributed by atoms with E-state index in [2.05, 4.69) is 20.6 Å². The van der Waals surface area contributed by atoms with Crippen LogP contribution in [0, 0.1) is 0 Å². The Hall–Kier alpha value is -3.31. The maximum absolute atomic E-state index is 14.2. The van der Waals surface area contributed by atoms with Gasteiger partial charge in [-0.15, -0.1) is 11.3 Å². The monoisotopic (exact) mass is 650 g/mol. The number of fused-ring (bicyclic) bond motifs is 1. The molecule has 1 aliphatic carbocycles. The molecule has 2 saturated heterocycles. The number of alkyl halides is 3. The molecule has 11 nitrogen and oxygen atoms in total. The molecule has 1 atom stereocenters. The first kappa shape index (κ1) is 29.4. The summed E-state index contributed by atoms with van der Waals surface area (Å²) in [5.74, 6) is -0.739. The van der Waals surface area contributed by atoms with Gasteiger partial charge in [-0.2, -0.15) is 13.2 Å². The number of anilines is 3. The summed E-state index contributed by atoms with van der Waals surface area (Å²) in [6.45, 7) is 2.32. The first-order valence-corrected chi connectivity index (χ1v) is 16.7. The molecule has 44 heavy (non-hydrogen) atoms. The fraction of sp³-hybridized carbons (Fsp3) is 0.464. The number of ether oxygens (including phenoxy) is 1. The Balaban J connectivity index is 1.26. The van der Waals surface area contributed by atoms with Crippen LogP contribution in [0.15, 0.2) is 35.4 Å². The van der Waals surface area contributed by atoms with Crippen molar-refractivity contribution in [1.82, 2.24) is 20.2 Å². The van der Waals surface area contributed by atoms with E-state index in [0.29, 0.717) is 36.3 Å². The van der Waals surface area contributed by atoms with Crippen LogP contribution in [0.5, 0.6) is 0 Å². The Bertz CT molecular complexity index is 1720. The van der Waals surface area contributed by atoms with Gasteiger partial charge >= 0.3 is 6.18 Å². The van der Waals surface area contributed by atoms with Crippen LogP contribution in [0.3, 0.4) is 0 Å². The van der Waals surface area contributed by atoms with E-state index in [4.69, 9.17) is 4.74 Å². The van der Waals surface area contributed by atoms with Crippen molar-refractivity contribution in [2.45, 2.75) is 42.1 Å². The molecule has 1 saturated carbocycles. The third-order valence-corrected chi connectivity index (χ3v) is 11.3. The minimum absolute atomic E-state index is 0.0168. The van der Waals surface area contributed by atoms with Crippen LogP contribution in [0.2, 0.25) is 0 Å². The number of piperazine rings is 1. The summed E-state index contributed by atoms with van der Waals surface area (Å²) in [4.78, 5) is 24.4. The number of benzene rings is 1. The van der Waals surface area contributed by atoms with Crippen molar-refractivity contribution in [3.8, 4) is 10.6 Å². The van der Waals surface area contributed by atoms with Crippen molar-refractivity contribution in [1.29, 1.82) is 0 Å². The van der Waals surface area contributed by atoms with Crippen molar-refractivity contribution in [2.24, 2.45) is 0 Å². The molecule has 234 valence electrons. The van der Waals surface area contributed by atoms with E-state index in [0.717, 1.165) is 36.7 Å². The van der Waals surface area contributed by atoms with Gasteiger partial charge in [-0.3, -0.25) is 4.79 Å². The minimum atomic E-state index is -4.83. The summed E-state index contributed by atoms with van der Waals surface area (Å²) in [5, 5.41) is 16.7. The van der Waals surface area contributed by atoms with Gasteiger partial charge in [0, 0.05) is 43.8 Å². The van der Waals surface area contributed by atoms with Gasteiger partial charge in [0.2, 0.25) is 5.95 Å². The number of aromatic nitrogens is 2. The fourth-order valence-corrected chi connectivity index (χ4v) is 8.62. The first-order chi connectivity index (χ1) is 21.0. The summed E-state index contributed by atoms with van der Waals surface area (Å²) < 4.78 is 74.0. The molecule has 1 aromatic carbocycles. The second kappa shape index (κ2) is 10.9. The summed E-state index contributed by atoms with van der Waals surface area (Å²) >= 11 is 0.686. The average Bonchev–Trinajstić information content (AvgIpc) is 3.71. The zero-order chi connectivity index (χ0) is 30.8. The number of aliphatic hydroxyl groups excluding tert-OH is 1. The Morgan fingerprint density at radius 2 is 1.93 bits per heavy atom. The molecule has 2 aromatic heterocycles. The van der Waals surface area contributed by atoms with E-state index < -0.39 is 39.4 Å². The molecule has 1 amide bonds. The molecule has 5 heterocycles. The number of sulfone groups is 1. The van der Waals surface area contributed by atoms with Gasteiger partial charge in [0.1, 0.15) is 16.7 Å². The second-order valence-electron chi connectivity index (χ2n) is 11.3. The predicted molar refractivity (Wildman–Crippen MR) is 156 cm³/mol. The van der Waals surface area contributed by atoms with Gasteiger partial charge in [-0.1, -0.05) is 0 Å². The summed E-state index contributed by atoms with van der Waals surface area (Å²) in [5.41, 5.74) is 0.763. The Morgan fingerprint density at radius 1 is 1.14 bits per heavy atom. The summed E-state index contributed by atoms with van der Waals surface area (Å²) in [6.07, 6.45) is -2.94. The quantitative estimate of drug-likeness (QED) is 0.365. The van der Waals surface area contributed by atoms with Gasteiger partial charge in [0.05, 0.1) is 40.5 Å². The number of carbonyl (C=O) groups excluding carboxylic acids is 1. The molecule has 3 fully saturated rings. The second-order valence-corrected chi connectivity index (χ2v) is 14.4. The molecule has 0 radical (unpaired) electrons. The lowest BCUT2D eigenvalue weighted by atomic mass is 10.1. The molecule has 1 unspecified atom stereocenters. The highest BCUT2D eigenvalue weighted by molar-refractivity contribution is 7.91. The Labute approximate surface area is 255 Å². The van der Waals surface area contributed by atoms with Crippen LogP contribution in [0.4, 0.5) is 30.5 Å². The van der Waals surface area contributed by atoms with E-state index in [-0.39, 0.29) is 58.1 Å². The SMILES string of the molecule is O=C1c2sc(-c3nc(Nc4ccc(N5CCNCC5O)cc4C4CC4)ncc3C(F)(F)F)cc2S(=O)(=O)CCN1C1COC1. The Morgan fingerprint density at radius 3 is 2.61 bits per heavy atom. The van der Waals surface area contributed by atoms with Crippen molar-refractivity contribution in [3.05, 3.63) is 46.5 Å². The standard InChI is InChI=1S/C28H29F3N6O5S2/c29-28(30,31)19-11-33-27(34-20-4-3-16(9-18(20)15-1-2-15)36-6-5-32-12-23(36)38)35-24(19)21-10-22-25(43-21)26(39)37(17-13-42-14-17)7-8-44(22,40)41/h3-4,9-11,15,17,23,32,38H,1-2,5-8,12-14H2,(H,33,34,35). The Kier molecular flexibility index (Phi) is 7.31. The van der Waals surface area contributed by atoms with Crippen LogP contribution < -0.4 is 15.5 Å². The molecule has 7 rings (SSSR count). The van der Waals surface area contributed by atoms with E-state index in [9.17, 15) is 31.5 Å². The summed E-state index contributed by atoms with van der Waals surface area (Å²) in [6, 6.07) is 6.45. The van der Waals surface area contributed by atoms with Crippen molar-refractivity contribution in [3.63, 3.8) is 0 Å². The van der Waals surface area contributed by atoms with Crippen LogP contribution in [0.1, 0.15) is 39.6 Å². The van der Waals surface area contributed by atoms with Crippen LogP contribution in [0.25, 0.3) is 10.6 Å². The van der Waals surface area contributed by atoms with Crippen molar-refractivity contribution < 1.29 is 36.2 Å². The average molecular weight is 651 g/mol. The third kappa shape index (κ3) is 5.42. The lowest BCUT2D eigenvalue weighted by molar-refractivity contribution is -0.137. The van der Waals surface area contributed by atoms with E-state index in [1.165, 1.54) is 4.90 Å². The zero-order valence-corrected chi connectivity index (χ0v) is 24.9. The van der Waals surface area contributed by atoms with Gasteiger partial charge < -0.3 is 30.3 Å². The molecule has 4 aliphatic rings. The lowest BCUT2D eigenvalue weighted by Crippen LogP contribution is -2.52. The molecular weight excluding hydrogens is 621 g/mol. The van der Waals surface area contributed by atoms with Crippen molar-refractivity contribution in [2.75, 3.05) is 55.4 Å². The number of nitrogens with zero attached hydrogens (tertiary/aromatic N) is 4. The first-order valence-electron chi connectivity index (χ1n) is 14.3. The number of β-amino-alcohol motifs (C(OH)–C–C–N with tert-alkyl or cyclic N) is 1. The zero-order valence-electron chi connectivity index (χ0n) is 23.3. The molecular formula is C28H29F3N6O5S2. The van der Waals surface area contributed by atoms with Crippen LogP contribution in [-0.2, 0) is 20.8 Å². The molecule has 3 aromatic rings. The van der Waals surface area contributed by atoms with Gasteiger partial charge in [-0.25, -0.2) is 18.4 Å². The third-order valence-electron chi connectivity index (χ3n) is 8.32. The molecule has 3 N–H and O–H groups in total. The number of hydrogen-bond acceptors (Lipinski definition) is 11. The van der Waals surface area contributed by atoms with Gasteiger partial charge in [0.15, 0.2) is 9.84 Å². The number of carbonyl (C=O) groups is 1. The highest BCUT2D eigenvalue weighted by atomic mass is 32.2. The fourth-order valence-electron chi connectivity index (χ4n) is 5.71. The smallest absolute Gasteiger partial charge is 0.377 e. The molecule has 16 heteroatoms. The maximum atomic E-state index is 14.2. The normalized spacial score (nSPS) is 22.4. The van der Waals surface area contributed by atoms with E-state index >= 15 is 0 Å². The van der Waals surface area contributed by atoms with Gasteiger partial charge in [0.25, 0.3) is 5.91 Å². The minimum Gasteiger partial charge on any atom is -0.377 e.